The van der Waals surface area contributed by atoms with Gasteiger partial charge >= 0.3 is 0 Å². The van der Waals surface area contributed by atoms with Crippen molar-refractivity contribution in [1.82, 2.24) is 0 Å². The fourth-order valence-electron chi connectivity index (χ4n) is 5.36. The highest BCUT2D eigenvalue weighted by Crippen LogP contribution is 2.58. The third-order valence-electron chi connectivity index (χ3n) is 7.17. The van der Waals surface area contributed by atoms with Gasteiger partial charge in [0.05, 0.1) is 9.52 Å². The Bertz CT molecular complexity index is 1210. The van der Waals surface area contributed by atoms with Gasteiger partial charge in [0, 0.05) is 5.04 Å². The standard InChI is InChI=1S/C31H34Si/c1-20-13-14-23(4)28(16-20)19-31(32-29-17-21(2)15-22(3)18-29)26(7)24(5)25(6)30(31)27-11-9-8-10-12-27/h8-18H,19H2,1-7H3. The number of rotatable bonds is 5. The second-order valence-corrected chi connectivity index (χ2v) is 11.3. The lowest BCUT2D eigenvalue weighted by molar-refractivity contribution is 0.791. The molecule has 4 rings (SSSR count). The number of allylic oxidation sites excluding steroid dienone is 4. The monoisotopic (exact) mass is 434 g/mol. The van der Waals surface area contributed by atoms with E-state index < -0.39 is 0 Å². The van der Waals surface area contributed by atoms with E-state index in [1.807, 2.05) is 0 Å². The third kappa shape index (κ3) is 4.07. The Hall–Kier alpha value is -2.64. The molecule has 0 bridgehead atoms. The van der Waals surface area contributed by atoms with Crippen LogP contribution in [0.3, 0.4) is 0 Å². The molecule has 2 radical (unpaired) electrons. The molecule has 0 heterocycles. The summed E-state index contributed by atoms with van der Waals surface area (Å²) in [6.07, 6.45) is 1.04. The predicted molar refractivity (Wildman–Crippen MR) is 141 cm³/mol. The van der Waals surface area contributed by atoms with Gasteiger partial charge in [-0.2, -0.15) is 0 Å². The highest BCUT2D eigenvalue weighted by atomic mass is 28.2. The summed E-state index contributed by atoms with van der Waals surface area (Å²) in [6.45, 7) is 16.0. The van der Waals surface area contributed by atoms with Gasteiger partial charge < -0.3 is 0 Å². The predicted octanol–water partition coefficient (Wildman–Crippen LogP) is 7.47. The lowest BCUT2D eigenvalue weighted by atomic mass is 9.82. The molecule has 0 spiro atoms. The summed E-state index contributed by atoms with van der Waals surface area (Å²) in [7, 11) is 0.682. The number of aryl methyl sites for hydroxylation is 4. The Balaban J connectivity index is 1.96. The first-order chi connectivity index (χ1) is 15.2. The fraction of sp³-hybridized carbons (Fsp3) is 0.290. The van der Waals surface area contributed by atoms with Crippen LogP contribution in [0.15, 0.2) is 83.4 Å². The molecule has 1 heteroatoms. The van der Waals surface area contributed by atoms with E-state index in [4.69, 9.17) is 0 Å². The van der Waals surface area contributed by atoms with Crippen molar-refractivity contribution >= 4 is 20.3 Å². The minimum atomic E-state index is -0.0195. The summed E-state index contributed by atoms with van der Waals surface area (Å²) >= 11 is 0. The molecule has 0 amide bonds. The molecular formula is C31H34Si. The molecule has 0 nitrogen and oxygen atoms in total. The molecule has 0 saturated carbocycles. The third-order valence-corrected chi connectivity index (χ3v) is 8.97. The molecule has 0 aromatic heterocycles. The maximum atomic E-state index is 2.40. The van der Waals surface area contributed by atoms with E-state index in [2.05, 4.69) is 115 Å². The molecule has 0 N–H and O–H groups in total. The zero-order valence-electron chi connectivity index (χ0n) is 20.6. The number of hydrogen-bond acceptors (Lipinski definition) is 0. The van der Waals surface area contributed by atoms with E-state index in [-0.39, 0.29) is 5.04 Å². The van der Waals surface area contributed by atoms with Gasteiger partial charge in [-0.15, -0.1) is 0 Å². The minimum absolute atomic E-state index is 0.0195. The molecule has 0 saturated heterocycles. The van der Waals surface area contributed by atoms with Crippen LogP contribution in [0.5, 0.6) is 0 Å². The molecule has 0 aliphatic heterocycles. The van der Waals surface area contributed by atoms with Crippen LogP contribution in [0.4, 0.5) is 0 Å². The van der Waals surface area contributed by atoms with Gasteiger partial charge in [0.1, 0.15) is 0 Å². The van der Waals surface area contributed by atoms with E-state index in [1.165, 1.54) is 60.9 Å². The van der Waals surface area contributed by atoms with Gasteiger partial charge in [0.2, 0.25) is 0 Å². The minimum Gasteiger partial charge on any atom is -0.0623 e. The highest BCUT2D eigenvalue weighted by molar-refractivity contribution is 6.61. The summed E-state index contributed by atoms with van der Waals surface area (Å²) in [5.41, 5.74) is 14.2. The van der Waals surface area contributed by atoms with Gasteiger partial charge in [-0.25, -0.2) is 0 Å². The van der Waals surface area contributed by atoms with Gasteiger partial charge in [-0.05, 0) is 88.3 Å². The molecule has 1 aliphatic carbocycles. The van der Waals surface area contributed by atoms with Crippen molar-refractivity contribution in [1.29, 1.82) is 0 Å². The van der Waals surface area contributed by atoms with Crippen molar-refractivity contribution < 1.29 is 0 Å². The topological polar surface area (TPSA) is 0 Å². The molecule has 3 aromatic rings. The zero-order valence-corrected chi connectivity index (χ0v) is 21.6. The quantitative estimate of drug-likeness (QED) is 0.365. The normalized spacial score (nSPS) is 18.6. The van der Waals surface area contributed by atoms with E-state index in [0.29, 0.717) is 9.52 Å². The fourth-order valence-corrected chi connectivity index (χ4v) is 7.56. The van der Waals surface area contributed by atoms with Crippen LogP contribution in [0.1, 0.15) is 54.2 Å². The van der Waals surface area contributed by atoms with Crippen molar-refractivity contribution in [2.75, 3.05) is 0 Å². The number of benzene rings is 3. The molecule has 162 valence electrons. The molecule has 1 atom stereocenters. The molecule has 3 aromatic carbocycles. The molecule has 32 heavy (non-hydrogen) atoms. The maximum absolute atomic E-state index is 2.40. The highest BCUT2D eigenvalue weighted by Gasteiger charge is 2.44. The number of hydrogen-bond donors (Lipinski definition) is 0. The van der Waals surface area contributed by atoms with Gasteiger partial charge in [0.15, 0.2) is 0 Å². The zero-order chi connectivity index (χ0) is 23.0. The smallest absolute Gasteiger partial charge is 0.0623 e. The first-order valence-corrected chi connectivity index (χ1v) is 12.6. The lowest BCUT2D eigenvalue weighted by Crippen LogP contribution is -2.34. The molecular weight excluding hydrogens is 400 g/mol. The molecule has 1 unspecified atom stereocenters. The second-order valence-electron chi connectivity index (χ2n) is 9.63. The van der Waals surface area contributed by atoms with Crippen molar-refractivity contribution in [3.63, 3.8) is 0 Å². The van der Waals surface area contributed by atoms with Crippen molar-refractivity contribution in [3.05, 3.63) is 117 Å². The van der Waals surface area contributed by atoms with Gasteiger partial charge in [-0.3, -0.25) is 0 Å². The van der Waals surface area contributed by atoms with Crippen molar-refractivity contribution in [2.45, 2.75) is 59.9 Å². The summed E-state index contributed by atoms with van der Waals surface area (Å²) in [6, 6.07) is 25.1. The lowest BCUT2D eigenvalue weighted by Gasteiger charge is -2.36. The van der Waals surface area contributed by atoms with Crippen LogP contribution in [0.2, 0.25) is 5.04 Å². The van der Waals surface area contributed by atoms with E-state index in [1.54, 1.807) is 0 Å². The Kier molecular flexibility index (Phi) is 6.14. The Morgan fingerprint density at radius 2 is 1.31 bits per heavy atom. The van der Waals surface area contributed by atoms with Crippen LogP contribution in [0, 0.1) is 27.7 Å². The Morgan fingerprint density at radius 3 is 1.97 bits per heavy atom. The average molecular weight is 435 g/mol. The average Bonchev–Trinajstić information content (AvgIpc) is 2.91. The van der Waals surface area contributed by atoms with Gasteiger partial charge in [-0.1, -0.05) is 94.2 Å². The van der Waals surface area contributed by atoms with Crippen LogP contribution in [-0.2, 0) is 6.42 Å². The first-order valence-electron chi connectivity index (χ1n) is 11.6. The molecule has 0 fully saturated rings. The SMILES string of the molecule is CC1=C(C)C(Cc2cc(C)ccc2C)([Si]c2cc(C)cc(C)c2)C(c2ccccc2)=C1C. The van der Waals surface area contributed by atoms with Crippen LogP contribution in [0.25, 0.3) is 5.57 Å². The van der Waals surface area contributed by atoms with Crippen LogP contribution < -0.4 is 5.19 Å². The summed E-state index contributed by atoms with van der Waals surface area (Å²) in [4.78, 5) is 0. The Morgan fingerprint density at radius 1 is 0.656 bits per heavy atom. The van der Waals surface area contributed by atoms with Crippen LogP contribution in [-0.4, -0.2) is 9.52 Å². The van der Waals surface area contributed by atoms with Crippen molar-refractivity contribution in [2.24, 2.45) is 0 Å². The molecule has 1 aliphatic rings. The van der Waals surface area contributed by atoms with E-state index >= 15 is 0 Å². The van der Waals surface area contributed by atoms with Crippen LogP contribution >= 0.6 is 0 Å². The maximum Gasteiger partial charge on any atom is 0.0993 e. The largest absolute Gasteiger partial charge is 0.0993 e. The first kappa shape index (κ1) is 22.5. The van der Waals surface area contributed by atoms with Gasteiger partial charge in [0.25, 0.3) is 0 Å². The summed E-state index contributed by atoms with van der Waals surface area (Å²) in [5, 5.41) is 1.44. The van der Waals surface area contributed by atoms with Crippen molar-refractivity contribution in [3.8, 4) is 0 Å². The Labute approximate surface area is 196 Å². The summed E-state index contributed by atoms with van der Waals surface area (Å²) < 4.78 is 0. The summed E-state index contributed by atoms with van der Waals surface area (Å²) in [5.74, 6) is 0. The second kappa shape index (κ2) is 8.71. The van der Waals surface area contributed by atoms with E-state index in [0.717, 1.165) is 6.42 Å². The van der Waals surface area contributed by atoms with E-state index in [9.17, 15) is 0 Å².